The van der Waals surface area contributed by atoms with Crippen molar-refractivity contribution in [3.63, 3.8) is 0 Å². The number of nitrogens with one attached hydrogen (secondary N) is 1. The van der Waals surface area contributed by atoms with Crippen LogP contribution < -0.4 is 4.72 Å². The van der Waals surface area contributed by atoms with Crippen LogP contribution in [0.25, 0.3) is 0 Å². The van der Waals surface area contributed by atoms with Crippen LogP contribution in [0, 0.1) is 12.8 Å². The molecule has 0 aliphatic rings. The summed E-state index contributed by atoms with van der Waals surface area (Å²) in [6, 6.07) is 6.57. The summed E-state index contributed by atoms with van der Waals surface area (Å²) in [6.45, 7) is 9.10. The topological polar surface area (TPSA) is 72.5 Å². The monoisotopic (exact) mass is 327 g/mol. The molecule has 124 valence electrons. The van der Waals surface area contributed by atoms with Crippen molar-refractivity contribution in [1.29, 1.82) is 0 Å². The maximum absolute atomic E-state index is 12.2. The number of hydrogen-bond acceptors (Lipinski definition) is 4. The zero-order chi connectivity index (χ0) is 17.0. The molecule has 1 atom stereocenters. The zero-order valence-corrected chi connectivity index (χ0v) is 14.7. The summed E-state index contributed by atoms with van der Waals surface area (Å²) in [5, 5.41) is 0. The molecule has 22 heavy (non-hydrogen) atoms. The lowest BCUT2D eigenvalue weighted by Gasteiger charge is -2.23. The van der Waals surface area contributed by atoms with E-state index in [1.807, 2.05) is 13.8 Å². The van der Waals surface area contributed by atoms with Crippen molar-refractivity contribution < 1.29 is 17.9 Å². The number of rotatable bonds is 6. The van der Waals surface area contributed by atoms with Gasteiger partial charge < -0.3 is 4.74 Å². The average molecular weight is 327 g/mol. The van der Waals surface area contributed by atoms with Crippen LogP contribution in [-0.2, 0) is 19.6 Å². The van der Waals surface area contributed by atoms with Crippen LogP contribution in [0.3, 0.4) is 0 Å². The Bertz CT molecular complexity index is 600. The molecule has 1 aromatic carbocycles. The first kappa shape index (κ1) is 18.6. The maximum Gasteiger partial charge on any atom is 0.310 e. The van der Waals surface area contributed by atoms with Crippen molar-refractivity contribution >= 4 is 16.0 Å². The highest BCUT2D eigenvalue weighted by Crippen LogP contribution is 2.15. The van der Waals surface area contributed by atoms with E-state index in [2.05, 4.69) is 4.72 Å². The van der Waals surface area contributed by atoms with E-state index < -0.39 is 21.5 Å². The van der Waals surface area contributed by atoms with E-state index in [1.54, 1.807) is 45.0 Å². The van der Waals surface area contributed by atoms with Gasteiger partial charge in [0.15, 0.2) is 0 Å². The molecule has 0 fully saturated rings. The quantitative estimate of drug-likeness (QED) is 0.815. The summed E-state index contributed by atoms with van der Waals surface area (Å²) in [5.41, 5.74) is 0.402. The van der Waals surface area contributed by atoms with Gasteiger partial charge in [0, 0.05) is 6.54 Å². The first-order chi connectivity index (χ1) is 10.0. The molecule has 0 aromatic heterocycles. The van der Waals surface area contributed by atoms with Crippen LogP contribution >= 0.6 is 0 Å². The summed E-state index contributed by atoms with van der Waals surface area (Å²) in [5.74, 6) is -0.888. The molecule has 0 radical (unpaired) electrons. The number of carbonyl (C=O) groups is 1. The van der Waals surface area contributed by atoms with Crippen LogP contribution in [0.2, 0.25) is 0 Å². The number of sulfonamides is 1. The SMILES string of the molecule is CCC(CNS(=O)(=O)c1ccc(C)cc1)C(=O)OC(C)(C)C. The molecule has 0 bridgehead atoms. The Balaban J connectivity index is 2.73. The molecule has 1 rings (SSSR count). The molecular formula is C16H25NO4S. The van der Waals surface area contributed by atoms with Gasteiger partial charge >= 0.3 is 5.97 Å². The van der Waals surface area contributed by atoms with Gasteiger partial charge in [0.05, 0.1) is 10.8 Å². The summed E-state index contributed by atoms with van der Waals surface area (Å²) in [7, 11) is -3.62. The number of benzene rings is 1. The van der Waals surface area contributed by atoms with Crippen molar-refractivity contribution in [1.82, 2.24) is 4.72 Å². The van der Waals surface area contributed by atoms with Crippen LogP contribution in [0.5, 0.6) is 0 Å². The third-order valence-electron chi connectivity index (χ3n) is 3.08. The third kappa shape index (κ3) is 5.77. The molecule has 1 N–H and O–H groups in total. The number of hydrogen-bond donors (Lipinski definition) is 1. The summed E-state index contributed by atoms with van der Waals surface area (Å²) < 4.78 is 32.2. The normalized spacial score (nSPS) is 13.7. The maximum atomic E-state index is 12.2. The van der Waals surface area contributed by atoms with Crippen molar-refractivity contribution in [3.8, 4) is 0 Å². The number of ether oxygens (including phenoxy) is 1. The lowest BCUT2D eigenvalue weighted by atomic mass is 10.1. The van der Waals surface area contributed by atoms with Crippen molar-refractivity contribution in [2.45, 2.75) is 51.5 Å². The number of carbonyl (C=O) groups excluding carboxylic acids is 1. The molecule has 1 unspecified atom stereocenters. The Morgan fingerprint density at radius 3 is 2.23 bits per heavy atom. The molecular weight excluding hydrogens is 302 g/mol. The highest BCUT2D eigenvalue weighted by atomic mass is 32.2. The van der Waals surface area contributed by atoms with Crippen LogP contribution in [-0.4, -0.2) is 26.5 Å². The van der Waals surface area contributed by atoms with Crippen molar-refractivity contribution in [3.05, 3.63) is 29.8 Å². The Hall–Kier alpha value is -1.40. The number of esters is 1. The Morgan fingerprint density at radius 2 is 1.77 bits per heavy atom. The Labute approximate surface area is 133 Å². The van der Waals surface area contributed by atoms with Crippen LogP contribution in [0.1, 0.15) is 39.7 Å². The van der Waals surface area contributed by atoms with Gasteiger partial charge in [0.2, 0.25) is 10.0 Å². The highest BCUT2D eigenvalue weighted by molar-refractivity contribution is 7.89. The Morgan fingerprint density at radius 1 is 1.23 bits per heavy atom. The standard InChI is InChI=1S/C16H25NO4S/c1-6-13(15(18)21-16(3,4)5)11-17-22(19,20)14-9-7-12(2)8-10-14/h7-10,13,17H,6,11H2,1-5H3. The van der Waals surface area contributed by atoms with Crippen molar-refractivity contribution in [2.75, 3.05) is 6.54 Å². The van der Waals surface area contributed by atoms with Gasteiger partial charge in [-0.1, -0.05) is 24.6 Å². The first-order valence-corrected chi connectivity index (χ1v) is 8.82. The fourth-order valence-corrected chi connectivity index (χ4v) is 2.87. The van der Waals surface area contributed by atoms with E-state index >= 15 is 0 Å². The minimum atomic E-state index is -3.62. The predicted molar refractivity (Wildman–Crippen MR) is 86.0 cm³/mol. The fourth-order valence-electron chi connectivity index (χ4n) is 1.79. The van der Waals surface area contributed by atoms with Gasteiger partial charge in [-0.05, 0) is 46.2 Å². The molecule has 1 aromatic rings. The molecule has 0 saturated carbocycles. The smallest absolute Gasteiger partial charge is 0.310 e. The summed E-state index contributed by atoms with van der Waals surface area (Å²) in [4.78, 5) is 12.2. The van der Waals surface area contributed by atoms with Gasteiger partial charge in [-0.15, -0.1) is 0 Å². The van der Waals surface area contributed by atoms with Crippen LogP contribution in [0.15, 0.2) is 29.2 Å². The predicted octanol–water partition coefficient (Wildman–Crippen LogP) is 2.64. The van der Waals surface area contributed by atoms with Gasteiger partial charge in [0.25, 0.3) is 0 Å². The van der Waals surface area contributed by atoms with E-state index in [1.165, 1.54) is 0 Å². The highest BCUT2D eigenvalue weighted by Gasteiger charge is 2.25. The van der Waals surface area contributed by atoms with Crippen molar-refractivity contribution in [2.24, 2.45) is 5.92 Å². The minimum absolute atomic E-state index is 0.0294. The average Bonchev–Trinajstić information content (AvgIpc) is 2.37. The largest absolute Gasteiger partial charge is 0.460 e. The van der Waals surface area contributed by atoms with Gasteiger partial charge in [-0.25, -0.2) is 13.1 Å². The fraction of sp³-hybridized carbons (Fsp3) is 0.562. The van der Waals surface area contributed by atoms with Crippen LogP contribution in [0.4, 0.5) is 0 Å². The van der Waals surface area contributed by atoms with E-state index in [0.717, 1.165) is 5.56 Å². The van der Waals surface area contributed by atoms with E-state index in [4.69, 9.17) is 4.74 Å². The Kier molecular flexibility index (Phi) is 6.14. The second kappa shape index (κ2) is 7.24. The molecule has 0 saturated heterocycles. The van der Waals surface area contributed by atoms with Gasteiger partial charge in [0.1, 0.15) is 5.60 Å². The van der Waals surface area contributed by atoms with Gasteiger partial charge in [-0.2, -0.15) is 0 Å². The molecule has 0 heterocycles. The summed E-state index contributed by atoms with van der Waals surface area (Å²) >= 11 is 0. The van der Waals surface area contributed by atoms with E-state index in [-0.39, 0.29) is 17.4 Å². The second-order valence-electron chi connectivity index (χ2n) is 6.30. The molecule has 5 nitrogen and oxygen atoms in total. The molecule has 0 aliphatic carbocycles. The lowest BCUT2D eigenvalue weighted by molar-refractivity contribution is -0.159. The summed E-state index contributed by atoms with van der Waals surface area (Å²) in [6.07, 6.45) is 0.505. The number of aryl methyl sites for hydroxylation is 1. The van der Waals surface area contributed by atoms with Gasteiger partial charge in [-0.3, -0.25) is 4.79 Å². The molecule has 0 amide bonds. The van der Waals surface area contributed by atoms with E-state index in [0.29, 0.717) is 6.42 Å². The lowest BCUT2D eigenvalue weighted by Crippen LogP contribution is -2.36. The first-order valence-electron chi connectivity index (χ1n) is 7.34. The zero-order valence-electron chi connectivity index (χ0n) is 13.8. The molecule has 6 heteroatoms. The van der Waals surface area contributed by atoms with E-state index in [9.17, 15) is 13.2 Å². The minimum Gasteiger partial charge on any atom is -0.460 e. The molecule has 0 aliphatic heterocycles. The molecule has 0 spiro atoms. The third-order valence-corrected chi connectivity index (χ3v) is 4.52. The second-order valence-corrected chi connectivity index (χ2v) is 8.07.